The molecule has 6 nitrogen and oxygen atoms in total. The maximum absolute atomic E-state index is 10.9. The number of aliphatic hydroxyl groups is 1. The fourth-order valence-corrected chi connectivity index (χ4v) is 0.925. The monoisotopic (exact) mass is 231 g/mol. The van der Waals surface area contributed by atoms with Crippen LogP contribution in [0.1, 0.15) is 0 Å². The average molecular weight is 231 g/mol. The Morgan fingerprint density at radius 1 is 1.12 bits per heavy atom. The van der Waals surface area contributed by atoms with E-state index >= 15 is 0 Å². The van der Waals surface area contributed by atoms with Crippen LogP contribution in [0.4, 0.5) is 0 Å². The van der Waals surface area contributed by atoms with Crippen molar-refractivity contribution in [3.05, 3.63) is 12.2 Å². The molecule has 6 heteroatoms. The second kappa shape index (κ2) is 9.02. The van der Waals surface area contributed by atoms with E-state index < -0.39 is 0 Å². The van der Waals surface area contributed by atoms with Crippen molar-refractivity contribution in [3.8, 4) is 0 Å². The summed E-state index contributed by atoms with van der Waals surface area (Å²) in [7, 11) is 3.08. The van der Waals surface area contributed by atoms with E-state index in [1.165, 1.54) is 19.3 Å². The van der Waals surface area contributed by atoms with Crippen LogP contribution in [-0.4, -0.2) is 62.4 Å². The Bertz CT molecular complexity index is 232. The second-order valence-corrected chi connectivity index (χ2v) is 2.87. The van der Waals surface area contributed by atoms with Gasteiger partial charge in [0, 0.05) is 26.4 Å². The molecule has 0 aromatic rings. The van der Waals surface area contributed by atoms with Crippen LogP contribution < -0.4 is 0 Å². The summed E-state index contributed by atoms with van der Waals surface area (Å²) in [4.78, 5) is 22.8. The molecule has 0 saturated carbocycles. The molecule has 2 amide bonds. The third kappa shape index (κ3) is 5.59. The van der Waals surface area contributed by atoms with Crippen molar-refractivity contribution in [3.63, 3.8) is 0 Å². The number of nitrogens with zero attached hydrogens (tertiary/aromatic N) is 1. The topological polar surface area (TPSA) is 76.1 Å². The summed E-state index contributed by atoms with van der Waals surface area (Å²) in [5.41, 5.74) is 0. The van der Waals surface area contributed by atoms with Gasteiger partial charge in [-0.05, 0) is 0 Å². The summed E-state index contributed by atoms with van der Waals surface area (Å²) in [5.74, 6) is -0.515. The Kier molecular flexibility index (Phi) is 8.32. The molecule has 1 N–H and O–H groups in total. The minimum Gasteiger partial charge on any atom is -0.394 e. The van der Waals surface area contributed by atoms with Crippen molar-refractivity contribution in [1.29, 1.82) is 0 Å². The average Bonchev–Trinajstić information content (AvgIpc) is 2.58. The lowest BCUT2D eigenvalue weighted by Gasteiger charge is -2.11. The summed E-state index contributed by atoms with van der Waals surface area (Å²) < 4.78 is 9.17. The third-order valence-electron chi connectivity index (χ3n) is 1.71. The summed E-state index contributed by atoms with van der Waals surface area (Å²) >= 11 is 0. The van der Waals surface area contributed by atoms with Gasteiger partial charge < -0.3 is 14.6 Å². The van der Waals surface area contributed by atoms with Gasteiger partial charge in [-0.15, -0.1) is 0 Å². The van der Waals surface area contributed by atoms with Gasteiger partial charge in [-0.2, -0.15) is 0 Å². The highest BCUT2D eigenvalue weighted by molar-refractivity contribution is 6.12. The molecule has 92 valence electrons. The minimum atomic E-state index is -0.257. The number of carbonyl (C=O) groups is 2. The number of hydrogen-bond acceptors (Lipinski definition) is 5. The number of carbonyl (C=O) groups excluding carboxylic acids is 2. The van der Waals surface area contributed by atoms with Gasteiger partial charge in [-0.3, -0.25) is 14.5 Å². The lowest BCUT2D eigenvalue weighted by Crippen LogP contribution is -2.32. The molecule has 0 bridgehead atoms. The second-order valence-electron chi connectivity index (χ2n) is 2.87. The van der Waals surface area contributed by atoms with Crippen molar-refractivity contribution in [2.24, 2.45) is 0 Å². The van der Waals surface area contributed by atoms with E-state index in [2.05, 4.69) is 4.74 Å². The zero-order chi connectivity index (χ0) is 12.4. The van der Waals surface area contributed by atoms with Gasteiger partial charge >= 0.3 is 0 Å². The first-order valence-electron chi connectivity index (χ1n) is 4.79. The first-order valence-corrected chi connectivity index (χ1v) is 4.79. The Hall–Kier alpha value is -1.24. The van der Waals surface area contributed by atoms with Crippen molar-refractivity contribution in [2.75, 3.05) is 40.6 Å². The Morgan fingerprint density at radius 3 is 1.94 bits per heavy atom. The number of imide groups is 1. The van der Waals surface area contributed by atoms with Gasteiger partial charge in [-0.25, -0.2) is 0 Å². The van der Waals surface area contributed by atoms with Crippen LogP contribution in [0.5, 0.6) is 0 Å². The maximum atomic E-state index is 10.9. The molecule has 0 unspecified atom stereocenters. The minimum absolute atomic E-state index is 0.122. The Labute approximate surface area is 94.4 Å². The van der Waals surface area contributed by atoms with Gasteiger partial charge in [0.05, 0.1) is 26.4 Å². The molecule has 0 atom stereocenters. The summed E-state index contributed by atoms with van der Waals surface area (Å²) in [6.07, 6.45) is 2.52. The zero-order valence-corrected chi connectivity index (χ0v) is 9.51. The quantitative estimate of drug-likeness (QED) is 0.626. The van der Waals surface area contributed by atoms with E-state index in [1.54, 1.807) is 7.11 Å². The van der Waals surface area contributed by atoms with Gasteiger partial charge in [-0.1, -0.05) is 0 Å². The molecule has 0 radical (unpaired) electrons. The number of amides is 2. The van der Waals surface area contributed by atoms with Crippen LogP contribution in [0.25, 0.3) is 0 Å². The van der Waals surface area contributed by atoms with Crippen LogP contribution in [-0.2, 0) is 19.1 Å². The molecule has 0 fully saturated rings. The molecule has 0 saturated heterocycles. The number of hydrogen-bond donors (Lipinski definition) is 1. The smallest absolute Gasteiger partial charge is 0.253 e. The molecule has 1 aliphatic rings. The first kappa shape index (κ1) is 14.8. The fourth-order valence-electron chi connectivity index (χ4n) is 0.925. The van der Waals surface area contributed by atoms with E-state index in [0.29, 0.717) is 19.8 Å². The fraction of sp³-hybridized carbons (Fsp3) is 0.600. The van der Waals surface area contributed by atoms with Crippen molar-refractivity contribution in [1.82, 2.24) is 4.90 Å². The van der Waals surface area contributed by atoms with Crippen LogP contribution in [0, 0.1) is 0 Å². The molecular weight excluding hydrogens is 214 g/mol. The van der Waals surface area contributed by atoms with Gasteiger partial charge in [0.2, 0.25) is 0 Å². The van der Waals surface area contributed by atoms with Crippen LogP contribution in [0.15, 0.2) is 12.2 Å². The third-order valence-corrected chi connectivity index (χ3v) is 1.71. The number of ether oxygens (including phenoxy) is 2. The van der Waals surface area contributed by atoms with E-state index in [1.807, 2.05) is 0 Å². The molecule has 16 heavy (non-hydrogen) atoms. The lowest BCUT2D eigenvalue weighted by molar-refractivity contribution is -0.137. The highest BCUT2D eigenvalue weighted by atomic mass is 16.5. The SMILES string of the molecule is COCCN1C(=O)C=CC1=O.COCCO. The molecular formula is C10H17NO5. The van der Waals surface area contributed by atoms with Gasteiger partial charge in [0.1, 0.15) is 0 Å². The van der Waals surface area contributed by atoms with Crippen LogP contribution in [0.3, 0.4) is 0 Å². The van der Waals surface area contributed by atoms with Gasteiger partial charge in [0.15, 0.2) is 0 Å². The molecule has 0 aromatic heterocycles. The molecule has 1 rings (SSSR count). The standard InChI is InChI=1S/C7H9NO3.C3H8O2/c1-11-5-4-8-6(9)2-3-7(8)10;1-5-3-2-4/h2-3H,4-5H2,1H3;4H,2-3H2,1H3. The number of methoxy groups -OCH3 is 2. The first-order chi connectivity index (χ1) is 7.67. The summed E-state index contributed by atoms with van der Waals surface area (Å²) in [5, 5.41) is 7.94. The van der Waals surface area contributed by atoms with Crippen molar-refractivity contribution >= 4 is 11.8 Å². The van der Waals surface area contributed by atoms with Gasteiger partial charge in [0.25, 0.3) is 11.8 Å². The van der Waals surface area contributed by atoms with E-state index in [4.69, 9.17) is 9.84 Å². The van der Waals surface area contributed by atoms with E-state index in [-0.39, 0.29) is 18.4 Å². The largest absolute Gasteiger partial charge is 0.394 e. The zero-order valence-electron chi connectivity index (χ0n) is 9.51. The predicted octanol–water partition coefficient (Wildman–Crippen LogP) is -0.817. The Balaban J connectivity index is 0.000000385. The van der Waals surface area contributed by atoms with Crippen LogP contribution >= 0.6 is 0 Å². The molecule has 0 spiro atoms. The molecule has 0 aliphatic carbocycles. The lowest BCUT2D eigenvalue weighted by atomic mass is 10.5. The van der Waals surface area contributed by atoms with E-state index in [0.717, 1.165) is 4.90 Å². The molecule has 1 heterocycles. The van der Waals surface area contributed by atoms with Crippen molar-refractivity contribution < 1.29 is 24.2 Å². The Morgan fingerprint density at radius 2 is 1.62 bits per heavy atom. The maximum Gasteiger partial charge on any atom is 0.253 e. The summed E-state index contributed by atoms with van der Waals surface area (Å²) in [6.45, 7) is 1.29. The molecule has 1 aliphatic heterocycles. The highest BCUT2D eigenvalue weighted by Gasteiger charge is 2.21. The normalized spacial score (nSPS) is 14.1. The van der Waals surface area contributed by atoms with Crippen LogP contribution in [0.2, 0.25) is 0 Å². The highest BCUT2D eigenvalue weighted by Crippen LogP contribution is 2.01. The summed E-state index contributed by atoms with van der Waals surface area (Å²) in [6, 6.07) is 0. The van der Waals surface area contributed by atoms with Crippen molar-refractivity contribution in [2.45, 2.75) is 0 Å². The predicted molar refractivity (Wildman–Crippen MR) is 56.7 cm³/mol. The molecule has 0 aromatic carbocycles. The number of aliphatic hydroxyl groups excluding tert-OH is 1. The number of rotatable bonds is 5. The van der Waals surface area contributed by atoms with E-state index in [9.17, 15) is 9.59 Å².